The van der Waals surface area contributed by atoms with Crippen molar-refractivity contribution < 1.29 is 13.2 Å². The predicted octanol–water partition coefficient (Wildman–Crippen LogP) is 0.0242. The molecule has 1 aliphatic heterocycles. The third kappa shape index (κ3) is 2.97. The van der Waals surface area contributed by atoms with Crippen LogP contribution in [0.15, 0.2) is 5.03 Å². The Morgan fingerprint density at radius 1 is 1.47 bits per heavy atom. The fourth-order valence-corrected chi connectivity index (χ4v) is 3.87. The Balaban J connectivity index is 2.27. The molecule has 0 amide bonds. The Hall–Kier alpha value is -0.960. The number of nitrogens with one attached hydrogen (secondary N) is 2. The van der Waals surface area contributed by atoms with Gasteiger partial charge in [0, 0.05) is 36.6 Å². The molecule has 0 bridgehead atoms. The highest BCUT2D eigenvalue weighted by atomic mass is 32.2. The summed E-state index contributed by atoms with van der Waals surface area (Å²) in [5, 5.41) is 6.54. The summed E-state index contributed by atoms with van der Waals surface area (Å²) >= 11 is 0. The SMILES string of the molecule is Cc1[nH]nc(S(=O)(=O)NC2(C)CCOCC2)c1CN. The maximum Gasteiger partial charge on any atom is 0.260 e. The number of sulfonamides is 1. The molecule has 1 saturated heterocycles. The van der Waals surface area contributed by atoms with Gasteiger partial charge < -0.3 is 10.5 Å². The van der Waals surface area contributed by atoms with Crippen molar-refractivity contribution in [2.75, 3.05) is 13.2 Å². The molecule has 1 fully saturated rings. The molecule has 1 aliphatic rings. The van der Waals surface area contributed by atoms with Crippen LogP contribution in [0.25, 0.3) is 0 Å². The van der Waals surface area contributed by atoms with E-state index in [9.17, 15) is 8.42 Å². The maximum atomic E-state index is 12.4. The maximum absolute atomic E-state index is 12.4. The Bertz CT molecular complexity index is 546. The molecule has 19 heavy (non-hydrogen) atoms. The fourth-order valence-electron chi connectivity index (χ4n) is 2.19. The molecule has 0 radical (unpaired) electrons. The van der Waals surface area contributed by atoms with Gasteiger partial charge in [-0.25, -0.2) is 13.1 Å². The molecule has 1 aromatic rings. The Morgan fingerprint density at radius 3 is 2.68 bits per heavy atom. The van der Waals surface area contributed by atoms with Crippen LogP contribution in [0.4, 0.5) is 0 Å². The van der Waals surface area contributed by atoms with E-state index >= 15 is 0 Å². The molecule has 4 N–H and O–H groups in total. The van der Waals surface area contributed by atoms with Crippen molar-refractivity contribution >= 4 is 10.0 Å². The summed E-state index contributed by atoms with van der Waals surface area (Å²) in [5.74, 6) is 0. The second-order valence-corrected chi connectivity index (χ2v) is 6.71. The quantitative estimate of drug-likeness (QED) is 0.723. The van der Waals surface area contributed by atoms with Crippen molar-refractivity contribution in [1.82, 2.24) is 14.9 Å². The fraction of sp³-hybridized carbons (Fsp3) is 0.727. The Kier molecular flexibility index (Phi) is 3.95. The summed E-state index contributed by atoms with van der Waals surface area (Å²) < 4.78 is 32.8. The lowest BCUT2D eigenvalue weighted by atomic mass is 9.94. The van der Waals surface area contributed by atoms with Crippen LogP contribution < -0.4 is 10.5 Å². The molecule has 2 heterocycles. The lowest BCUT2D eigenvalue weighted by Gasteiger charge is -2.33. The minimum absolute atomic E-state index is 0.000201. The zero-order valence-corrected chi connectivity index (χ0v) is 12.0. The van der Waals surface area contributed by atoms with Crippen molar-refractivity contribution in [1.29, 1.82) is 0 Å². The van der Waals surface area contributed by atoms with Gasteiger partial charge in [-0.05, 0) is 26.7 Å². The molecule has 2 rings (SSSR count). The van der Waals surface area contributed by atoms with Crippen molar-refractivity contribution in [3.8, 4) is 0 Å². The van der Waals surface area contributed by atoms with Crippen LogP contribution in [0, 0.1) is 6.92 Å². The van der Waals surface area contributed by atoms with E-state index in [0.717, 1.165) is 0 Å². The first kappa shape index (κ1) is 14.4. The number of nitrogens with two attached hydrogens (primary N) is 1. The molecular formula is C11H20N4O3S. The lowest BCUT2D eigenvalue weighted by molar-refractivity contribution is 0.0537. The first-order valence-electron chi connectivity index (χ1n) is 6.24. The molecule has 7 nitrogen and oxygen atoms in total. The molecule has 0 spiro atoms. The van der Waals surface area contributed by atoms with Gasteiger partial charge in [-0.15, -0.1) is 0 Å². The molecule has 0 atom stereocenters. The Morgan fingerprint density at radius 2 is 2.11 bits per heavy atom. The second-order valence-electron chi connectivity index (χ2n) is 5.11. The minimum atomic E-state index is -3.67. The van der Waals surface area contributed by atoms with Crippen molar-refractivity contribution in [2.24, 2.45) is 5.73 Å². The van der Waals surface area contributed by atoms with Crippen LogP contribution in [-0.2, 0) is 21.3 Å². The first-order chi connectivity index (χ1) is 8.88. The van der Waals surface area contributed by atoms with E-state index in [1.54, 1.807) is 6.92 Å². The molecule has 108 valence electrons. The number of hydrogen-bond donors (Lipinski definition) is 3. The van der Waals surface area contributed by atoms with Crippen molar-refractivity contribution in [2.45, 2.75) is 43.8 Å². The highest BCUT2D eigenvalue weighted by molar-refractivity contribution is 7.89. The third-order valence-electron chi connectivity index (χ3n) is 3.47. The molecule has 0 unspecified atom stereocenters. The minimum Gasteiger partial charge on any atom is -0.381 e. The van der Waals surface area contributed by atoms with Crippen LogP contribution in [-0.4, -0.2) is 37.4 Å². The molecular weight excluding hydrogens is 268 g/mol. The molecule has 0 aliphatic carbocycles. The topological polar surface area (TPSA) is 110 Å². The number of aryl methyl sites for hydroxylation is 1. The van der Waals surface area contributed by atoms with E-state index < -0.39 is 15.6 Å². The zero-order chi connectivity index (χ0) is 14.1. The molecule has 0 aromatic carbocycles. The Labute approximate surface area is 113 Å². The summed E-state index contributed by atoms with van der Waals surface area (Å²) in [6.07, 6.45) is 1.29. The van der Waals surface area contributed by atoms with Crippen LogP contribution in [0.5, 0.6) is 0 Å². The summed E-state index contributed by atoms with van der Waals surface area (Å²) in [5.41, 5.74) is 6.31. The average Bonchev–Trinajstić information content (AvgIpc) is 2.70. The van der Waals surface area contributed by atoms with Crippen LogP contribution >= 0.6 is 0 Å². The van der Waals surface area contributed by atoms with E-state index in [4.69, 9.17) is 10.5 Å². The number of rotatable bonds is 4. The predicted molar refractivity (Wildman–Crippen MR) is 70.0 cm³/mol. The number of hydrogen-bond acceptors (Lipinski definition) is 5. The van der Waals surface area contributed by atoms with Gasteiger partial charge in [-0.3, -0.25) is 5.10 Å². The van der Waals surface area contributed by atoms with Gasteiger partial charge in [0.25, 0.3) is 10.0 Å². The van der Waals surface area contributed by atoms with Gasteiger partial charge in [0.15, 0.2) is 5.03 Å². The van der Waals surface area contributed by atoms with Crippen LogP contribution in [0.3, 0.4) is 0 Å². The van der Waals surface area contributed by atoms with E-state index in [1.165, 1.54) is 0 Å². The normalized spacial score (nSPS) is 19.5. The number of aromatic nitrogens is 2. The smallest absolute Gasteiger partial charge is 0.260 e. The summed E-state index contributed by atoms with van der Waals surface area (Å²) in [7, 11) is -3.67. The molecule has 0 saturated carbocycles. The number of aromatic amines is 1. The van der Waals surface area contributed by atoms with Crippen LogP contribution in [0.2, 0.25) is 0 Å². The third-order valence-corrected chi connectivity index (χ3v) is 5.08. The monoisotopic (exact) mass is 288 g/mol. The number of nitrogens with zero attached hydrogens (tertiary/aromatic N) is 1. The van der Waals surface area contributed by atoms with Crippen molar-refractivity contribution in [3.63, 3.8) is 0 Å². The van der Waals surface area contributed by atoms with Gasteiger partial charge in [-0.2, -0.15) is 5.10 Å². The van der Waals surface area contributed by atoms with E-state index in [2.05, 4.69) is 14.9 Å². The van der Waals surface area contributed by atoms with E-state index in [-0.39, 0.29) is 11.6 Å². The zero-order valence-electron chi connectivity index (χ0n) is 11.2. The van der Waals surface area contributed by atoms with Gasteiger partial charge in [-0.1, -0.05) is 0 Å². The molecule has 8 heteroatoms. The van der Waals surface area contributed by atoms with E-state index in [0.29, 0.717) is 37.3 Å². The molecule has 1 aromatic heterocycles. The van der Waals surface area contributed by atoms with Crippen LogP contribution in [0.1, 0.15) is 31.0 Å². The average molecular weight is 288 g/mol. The highest BCUT2D eigenvalue weighted by Crippen LogP contribution is 2.24. The van der Waals surface area contributed by atoms with Gasteiger partial charge in [0.2, 0.25) is 0 Å². The lowest BCUT2D eigenvalue weighted by Crippen LogP contribution is -2.49. The summed E-state index contributed by atoms with van der Waals surface area (Å²) in [4.78, 5) is 0. The summed E-state index contributed by atoms with van der Waals surface area (Å²) in [6.45, 7) is 4.89. The highest BCUT2D eigenvalue weighted by Gasteiger charge is 2.34. The first-order valence-corrected chi connectivity index (χ1v) is 7.72. The standard InChI is InChI=1S/C11H20N4O3S/c1-8-9(7-12)10(14-13-8)19(16,17)15-11(2)3-5-18-6-4-11/h15H,3-7,12H2,1-2H3,(H,13,14). The number of H-pyrrole nitrogens is 1. The number of ether oxygens (including phenoxy) is 1. The largest absolute Gasteiger partial charge is 0.381 e. The van der Waals surface area contributed by atoms with Gasteiger partial charge in [0.05, 0.1) is 0 Å². The van der Waals surface area contributed by atoms with Gasteiger partial charge >= 0.3 is 0 Å². The summed E-state index contributed by atoms with van der Waals surface area (Å²) in [6, 6.07) is 0. The van der Waals surface area contributed by atoms with Crippen molar-refractivity contribution in [3.05, 3.63) is 11.3 Å². The second kappa shape index (κ2) is 5.20. The van der Waals surface area contributed by atoms with E-state index in [1.807, 2.05) is 6.92 Å². The van der Waals surface area contributed by atoms with Gasteiger partial charge in [0.1, 0.15) is 0 Å².